The molecular formula is C5H7NO2. The van der Waals surface area contributed by atoms with Crippen molar-refractivity contribution in [1.82, 2.24) is 5.48 Å². The summed E-state index contributed by atoms with van der Waals surface area (Å²) in [5.74, 6) is 1.94. The lowest BCUT2D eigenvalue weighted by molar-refractivity contribution is -0.130. The number of hydrogen-bond donors (Lipinski definition) is 1. The Hall–Kier alpha value is -1.01. The molecule has 0 radical (unpaired) electrons. The molecule has 0 atom stereocenters. The SMILES string of the molecule is C#CCONC(C)=O. The highest BCUT2D eigenvalue weighted by molar-refractivity contribution is 5.71. The van der Waals surface area contributed by atoms with E-state index in [1.54, 1.807) is 0 Å². The molecule has 44 valence electrons. The molecule has 3 nitrogen and oxygen atoms in total. The Balaban J connectivity index is 2.97. The lowest BCUT2D eigenvalue weighted by Crippen LogP contribution is -2.20. The summed E-state index contributed by atoms with van der Waals surface area (Å²) in [5.41, 5.74) is 2.06. The average Bonchev–Trinajstić information content (AvgIpc) is 1.66. The predicted molar refractivity (Wildman–Crippen MR) is 28.6 cm³/mol. The van der Waals surface area contributed by atoms with Gasteiger partial charge in [-0.25, -0.2) is 5.48 Å². The Labute approximate surface area is 48.0 Å². The van der Waals surface area contributed by atoms with E-state index in [4.69, 9.17) is 6.42 Å². The van der Waals surface area contributed by atoms with Gasteiger partial charge in [0.25, 0.3) is 0 Å². The molecule has 1 N–H and O–H groups in total. The first-order valence-corrected chi connectivity index (χ1v) is 2.09. The third kappa shape index (κ3) is 4.99. The molecule has 0 aliphatic rings. The fraction of sp³-hybridized carbons (Fsp3) is 0.400. The first-order chi connectivity index (χ1) is 3.77. The normalized spacial score (nSPS) is 7.50. The minimum Gasteiger partial charge on any atom is -0.273 e. The molecule has 1 amide bonds. The summed E-state index contributed by atoms with van der Waals surface area (Å²) < 4.78 is 0. The van der Waals surface area contributed by atoms with Crippen LogP contribution in [0.4, 0.5) is 0 Å². The maximum atomic E-state index is 10.0. The van der Waals surface area contributed by atoms with E-state index in [-0.39, 0.29) is 12.5 Å². The van der Waals surface area contributed by atoms with E-state index < -0.39 is 0 Å². The van der Waals surface area contributed by atoms with Crippen molar-refractivity contribution in [3.63, 3.8) is 0 Å². The van der Waals surface area contributed by atoms with E-state index in [1.807, 2.05) is 0 Å². The predicted octanol–water partition coefficient (Wildman–Crippen LogP) is -0.313. The topological polar surface area (TPSA) is 38.3 Å². The summed E-state index contributed by atoms with van der Waals surface area (Å²) in [6.45, 7) is 1.45. The second kappa shape index (κ2) is 4.16. The number of carbonyl (C=O) groups is 1. The largest absolute Gasteiger partial charge is 0.273 e. The van der Waals surface area contributed by atoms with Crippen molar-refractivity contribution < 1.29 is 9.63 Å². The molecule has 0 spiro atoms. The van der Waals surface area contributed by atoms with Crippen LogP contribution >= 0.6 is 0 Å². The van der Waals surface area contributed by atoms with Crippen LogP contribution in [0.25, 0.3) is 0 Å². The Morgan fingerprint density at radius 2 is 2.62 bits per heavy atom. The van der Waals surface area contributed by atoms with Gasteiger partial charge in [-0.2, -0.15) is 0 Å². The first-order valence-electron chi connectivity index (χ1n) is 2.09. The van der Waals surface area contributed by atoms with Gasteiger partial charge in [0, 0.05) is 6.92 Å². The molecule has 0 saturated carbocycles. The van der Waals surface area contributed by atoms with Crippen LogP contribution in [0.3, 0.4) is 0 Å². The molecule has 0 aromatic heterocycles. The zero-order valence-electron chi connectivity index (χ0n) is 4.60. The quantitative estimate of drug-likeness (QED) is 0.303. The van der Waals surface area contributed by atoms with Gasteiger partial charge in [0.15, 0.2) is 0 Å². The van der Waals surface area contributed by atoms with Crippen molar-refractivity contribution in [2.45, 2.75) is 6.92 Å². The van der Waals surface area contributed by atoms with Gasteiger partial charge < -0.3 is 0 Å². The third-order valence-corrected chi connectivity index (χ3v) is 0.371. The van der Waals surface area contributed by atoms with Crippen LogP contribution in [0.15, 0.2) is 0 Å². The Morgan fingerprint density at radius 3 is 3.00 bits per heavy atom. The molecule has 0 aromatic rings. The minimum atomic E-state index is -0.250. The van der Waals surface area contributed by atoms with Gasteiger partial charge in [0.05, 0.1) is 0 Å². The molecule has 8 heavy (non-hydrogen) atoms. The molecule has 3 heteroatoms. The van der Waals surface area contributed by atoms with E-state index in [9.17, 15) is 4.79 Å². The number of amides is 1. The third-order valence-electron chi connectivity index (χ3n) is 0.371. The van der Waals surface area contributed by atoms with Crippen molar-refractivity contribution in [2.75, 3.05) is 6.61 Å². The number of nitrogens with one attached hydrogen (secondary N) is 1. The van der Waals surface area contributed by atoms with Gasteiger partial charge in [-0.05, 0) is 0 Å². The molecule has 0 saturated heterocycles. The van der Waals surface area contributed by atoms with E-state index >= 15 is 0 Å². The standard InChI is InChI=1S/C5H7NO2/c1-3-4-8-6-5(2)7/h1H,4H2,2H3,(H,6,7). The van der Waals surface area contributed by atoms with Crippen molar-refractivity contribution in [3.8, 4) is 12.3 Å². The van der Waals surface area contributed by atoms with Crippen LogP contribution in [-0.2, 0) is 9.63 Å². The Kier molecular flexibility index (Phi) is 3.63. The molecular weight excluding hydrogens is 106 g/mol. The fourth-order valence-electron chi connectivity index (χ4n) is 0.179. The highest BCUT2D eigenvalue weighted by atomic mass is 16.6. The molecule has 0 rings (SSSR count). The van der Waals surface area contributed by atoms with E-state index in [0.29, 0.717) is 0 Å². The van der Waals surface area contributed by atoms with Crippen LogP contribution in [0.2, 0.25) is 0 Å². The molecule has 0 aliphatic carbocycles. The summed E-state index contributed by atoms with van der Waals surface area (Å²) in [7, 11) is 0. The summed E-state index contributed by atoms with van der Waals surface area (Å²) >= 11 is 0. The Morgan fingerprint density at radius 1 is 2.00 bits per heavy atom. The van der Waals surface area contributed by atoms with Gasteiger partial charge in [0.2, 0.25) is 5.91 Å². The minimum absolute atomic E-state index is 0.111. The van der Waals surface area contributed by atoms with Gasteiger partial charge in [-0.3, -0.25) is 9.63 Å². The summed E-state index contributed by atoms with van der Waals surface area (Å²) in [5, 5.41) is 0. The first kappa shape index (κ1) is 6.99. The fourth-order valence-corrected chi connectivity index (χ4v) is 0.179. The number of rotatable bonds is 2. The van der Waals surface area contributed by atoms with E-state index in [2.05, 4.69) is 16.2 Å². The zero-order chi connectivity index (χ0) is 6.41. The van der Waals surface area contributed by atoms with Crippen LogP contribution in [0.1, 0.15) is 6.92 Å². The molecule has 0 aromatic carbocycles. The maximum absolute atomic E-state index is 10.0. The Bertz CT molecular complexity index is 114. The molecule has 0 fully saturated rings. The van der Waals surface area contributed by atoms with Gasteiger partial charge in [-0.15, -0.1) is 6.42 Å². The number of terminal acetylenes is 1. The van der Waals surface area contributed by atoms with E-state index in [1.165, 1.54) is 6.92 Å². The monoisotopic (exact) mass is 113 g/mol. The average molecular weight is 113 g/mol. The van der Waals surface area contributed by atoms with Crippen LogP contribution in [0.5, 0.6) is 0 Å². The van der Waals surface area contributed by atoms with Crippen molar-refractivity contribution >= 4 is 5.91 Å². The smallest absolute Gasteiger partial charge is 0.240 e. The molecule has 0 heterocycles. The van der Waals surface area contributed by atoms with Crippen molar-refractivity contribution in [2.24, 2.45) is 0 Å². The van der Waals surface area contributed by atoms with Crippen LogP contribution in [-0.4, -0.2) is 12.5 Å². The van der Waals surface area contributed by atoms with Crippen molar-refractivity contribution in [1.29, 1.82) is 0 Å². The lowest BCUT2D eigenvalue weighted by Gasteiger charge is -1.95. The second-order valence-corrected chi connectivity index (χ2v) is 1.15. The lowest BCUT2D eigenvalue weighted by atomic mass is 10.7. The molecule has 0 aliphatic heterocycles. The summed E-state index contributed by atoms with van der Waals surface area (Å²) in [4.78, 5) is 14.4. The van der Waals surface area contributed by atoms with Gasteiger partial charge in [-0.1, -0.05) is 5.92 Å². The number of hydrogen-bond acceptors (Lipinski definition) is 2. The van der Waals surface area contributed by atoms with Gasteiger partial charge in [0.1, 0.15) is 6.61 Å². The second-order valence-electron chi connectivity index (χ2n) is 1.15. The maximum Gasteiger partial charge on any atom is 0.240 e. The summed E-state index contributed by atoms with van der Waals surface area (Å²) in [6.07, 6.45) is 4.79. The molecule has 0 unspecified atom stereocenters. The van der Waals surface area contributed by atoms with Crippen LogP contribution < -0.4 is 5.48 Å². The summed E-state index contributed by atoms with van der Waals surface area (Å²) in [6, 6.07) is 0. The van der Waals surface area contributed by atoms with Crippen molar-refractivity contribution in [3.05, 3.63) is 0 Å². The highest BCUT2D eigenvalue weighted by Gasteiger charge is 1.84. The van der Waals surface area contributed by atoms with Crippen LogP contribution in [0, 0.1) is 12.3 Å². The van der Waals surface area contributed by atoms with Gasteiger partial charge >= 0.3 is 0 Å². The van der Waals surface area contributed by atoms with E-state index in [0.717, 1.165) is 0 Å². The number of carbonyl (C=O) groups excluding carboxylic acids is 1. The zero-order valence-corrected chi connectivity index (χ0v) is 4.60. The highest BCUT2D eigenvalue weighted by Crippen LogP contribution is 1.62. The molecule has 0 bridgehead atoms. The number of hydroxylamine groups is 1.